The van der Waals surface area contributed by atoms with Crippen molar-refractivity contribution < 1.29 is 5.11 Å². The van der Waals surface area contributed by atoms with Crippen LogP contribution >= 0.6 is 0 Å². The zero-order valence-electron chi connectivity index (χ0n) is 22.2. The Morgan fingerprint density at radius 2 is 1.44 bits per heavy atom. The lowest BCUT2D eigenvalue weighted by Gasteiger charge is -2.37. The van der Waals surface area contributed by atoms with Crippen LogP contribution in [0.15, 0.2) is 92.2 Å². The molecule has 5 aromatic rings. The zero-order valence-corrected chi connectivity index (χ0v) is 22.2. The molecule has 0 aliphatic carbocycles. The Bertz CT molecular complexity index is 1880. The van der Waals surface area contributed by atoms with Crippen LogP contribution < -0.4 is 26.7 Å². The molecule has 11 nitrogen and oxygen atoms in total. The van der Waals surface area contributed by atoms with Gasteiger partial charge >= 0.3 is 11.4 Å². The van der Waals surface area contributed by atoms with Crippen LogP contribution in [0.3, 0.4) is 0 Å². The van der Waals surface area contributed by atoms with Gasteiger partial charge in [0.05, 0.1) is 22.4 Å². The van der Waals surface area contributed by atoms with E-state index in [1.54, 1.807) is 6.07 Å². The van der Waals surface area contributed by atoms with Gasteiger partial charge in [0.1, 0.15) is 5.56 Å². The number of hydrogen-bond donors (Lipinski definition) is 4. The molecule has 11 heteroatoms. The summed E-state index contributed by atoms with van der Waals surface area (Å²) in [4.78, 5) is 54.1. The van der Waals surface area contributed by atoms with Crippen molar-refractivity contribution in [2.45, 2.75) is 13.0 Å². The van der Waals surface area contributed by atoms with Crippen molar-refractivity contribution in [2.75, 3.05) is 36.0 Å². The van der Waals surface area contributed by atoms with E-state index in [1.165, 1.54) is 6.21 Å². The highest BCUT2D eigenvalue weighted by molar-refractivity contribution is 5.91. The number of anilines is 2. The fraction of sp³-hybridized carbons (Fsp3) is 0.200. The lowest BCUT2D eigenvalue weighted by Crippen LogP contribution is -2.46. The van der Waals surface area contributed by atoms with Crippen LogP contribution in [0.5, 0.6) is 5.88 Å². The molecule has 3 aromatic carbocycles. The van der Waals surface area contributed by atoms with Gasteiger partial charge in [-0.1, -0.05) is 48.5 Å². The average molecular weight is 552 g/mol. The molecule has 41 heavy (non-hydrogen) atoms. The minimum absolute atomic E-state index is 0.125. The van der Waals surface area contributed by atoms with Gasteiger partial charge in [-0.05, 0) is 36.2 Å². The number of aromatic nitrogens is 4. The predicted octanol–water partition coefficient (Wildman–Crippen LogP) is 2.73. The van der Waals surface area contributed by atoms with Crippen molar-refractivity contribution in [1.29, 1.82) is 0 Å². The Hall–Kier alpha value is -5.32. The highest BCUT2D eigenvalue weighted by Gasteiger charge is 2.21. The number of aromatic hydroxyl groups is 1. The maximum atomic E-state index is 12.7. The number of H-pyrrole nitrogens is 3. The molecule has 0 spiro atoms. The molecular formula is C30H29N7O4. The third kappa shape index (κ3) is 5.42. The minimum atomic E-state index is -0.735. The number of benzene rings is 3. The summed E-state index contributed by atoms with van der Waals surface area (Å²) in [5, 5.41) is 10.9. The van der Waals surface area contributed by atoms with E-state index < -0.39 is 17.1 Å². The van der Waals surface area contributed by atoms with Gasteiger partial charge in [-0.15, -0.1) is 0 Å². The summed E-state index contributed by atoms with van der Waals surface area (Å²) in [6.07, 6.45) is 1.76. The van der Waals surface area contributed by atoms with Gasteiger partial charge in [-0.25, -0.2) is 9.59 Å². The average Bonchev–Trinajstić information content (AvgIpc) is 3.36. The predicted molar refractivity (Wildman–Crippen MR) is 160 cm³/mol. The van der Waals surface area contributed by atoms with Crippen LogP contribution in [0.1, 0.15) is 11.1 Å². The van der Waals surface area contributed by atoms with Crippen LogP contribution in [0, 0.1) is 0 Å². The molecule has 1 aliphatic heterocycles. The molecule has 4 N–H and O–H groups in total. The second-order valence-corrected chi connectivity index (χ2v) is 9.92. The number of aromatic amines is 3. The minimum Gasteiger partial charge on any atom is -0.494 e. The van der Waals surface area contributed by atoms with Crippen molar-refractivity contribution >= 4 is 34.3 Å². The smallest absolute Gasteiger partial charge is 0.331 e. The van der Waals surface area contributed by atoms with E-state index in [9.17, 15) is 19.5 Å². The number of imidazole rings is 1. The Morgan fingerprint density at radius 3 is 2.15 bits per heavy atom. The first-order valence-electron chi connectivity index (χ1n) is 13.4. The normalized spacial score (nSPS) is 13.9. The number of piperazine rings is 1. The molecule has 0 atom stereocenters. The Morgan fingerprint density at radius 1 is 0.805 bits per heavy atom. The van der Waals surface area contributed by atoms with Gasteiger partial charge in [-0.3, -0.25) is 19.3 Å². The summed E-state index contributed by atoms with van der Waals surface area (Å²) in [5.41, 5.74) is 2.78. The molecular weight excluding hydrogens is 522 g/mol. The Kier molecular flexibility index (Phi) is 6.99. The van der Waals surface area contributed by atoms with Gasteiger partial charge in [0, 0.05) is 44.6 Å². The first kappa shape index (κ1) is 25.9. The molecule has 2 aromatic heterocycles. The van der Waals surface area contributed by atoms with Crippen LogP contribution in [0.4, 0.5) is 17.1 Å². The molecule has 0 amide bonds. The summed E-state index contributed by atoms with van der Waals surface area (Å²) < 4.78 is 1.13. The lowest BCUT2D eigenvalue weighted by molar-refractivity contribution is 0.399. The highest BCUT2D eigenvalue weighted by Crippen LogP contribution is 2.33. The van der Waals surface area contributed by atoms with Crippen LogP contribution in [-0.2, 0) is 13.0 Å². The van der Waals surface area contributed by atoms with Gasteiger partial charge in [0.15, 0.2) is 0 Å². The monoisotopic (exact) mass is 551 g/mol. The molecule has 1 fully saturated rings. The van der Waals surface area contributed by atoms with E-state index >= 15 is 0 Å². The summed E-state index contributed by atoms with van der Waals surface area (Å²) >= 11 is 0. The molecule has 0 radical (unpaired) electrons. The van der Waals surface area contributed by atoms with E-state index in [0.29, 0.717) is 36.2 Å². The first-order chi connectivity index (χ1) is 20.0. The summed E-state index contributed by atoms with van der Waals surface area (Å²) in [6, 6.07) is 23.4. The van der Waals surface area contributed by atoms with Crippen LogP contribution in [0.2, 0.25) is 0 Å². The molecule has 1 saturated heterocycles. The van der Waals surface area contributed by atoms with Gasteiger partial charge in [0.25, 0.3) is 5.56 Å². The lowest BCUT2D eigenvalue weighted by atomic mass is 10.1. The van der Waals surface area contributed by atoms with E-state index in [-0.39, 0.29) is 17.8 Å². The Labute approximate surface area is 234 Å². The molecule has 1 aliphatic rings. The van der Waals surface area contributed by atoms with E-state index in [2.05, 4.69) is 41.9 Å². The highest BCUT2D eigenvalue weighted by atomic mass is 16.3. The quantitative estimate of drug-likeness (QED) is 0.229. The number of nitrogens with one attached hydrogen (secondary N) is 3. The zero-order chi connectivity index (χ0) is 28.3. The third-order valence-electron chi connectivity index (χ3n) is 7.36. The van der Waals surface area contributed by atoms with Gasteiger partial charge in [0.2, 0.25) is 5.88 Å². The Balaban J connectivity index is 1.31. The van der Waals surface area contributed by atoms with Crippen LogP contribution in [0.25, 0.3) is 11.0 Å². The molecule has 208 valence electrons. The second-order valence-electron chi connectivity index (χ2n) is 9.92. The van der Waals surface area contributed by atoms with E-state index in [0.717, 1.165) is 34.6 Å². The first-order valence-corrected chi connectivity index (χ1v) is 13.4. The summed E-state index contributed by atoms with van der Waals surface area (Å²) in [7, 11) is 0. The summed E-state index contributed by atoms with van der Waals surface area (Å²) in [5.74, 6) is -0.451. The van der Waals surface area contributed by atoms with E-state index in [1.807, 2.05) is 54.6 Å². The number of rotatable bonds is 7. The number of aliphatic imine (C=N–C) groups is 1. The number of hydrogen-bond acceptors (Lipinski definition) is 7. The molecule has 0 saturated carbocycles. The largest absolute Gasteiger partial charge is 0.494 e. The maximum absolute atomic E-state index is 12.7. The fourth-order valence-corrected chi connectivity index (χ4v) is 5.18. The topological polar surface area (TPSA) is 143 Å². The summed E-state index contributed by atoms with van der Waals surface area (Å²) in [6.45, 7) is 3.20. The number of fused-ring (bicyclic) bond motifs is 1. The van der Waals surface area contributed by atoms with Crippen LogP contribution in [-0.4, -0.2) is 57.0 Å². The molecule has 0 unspecified atom stereocenters. The van der Waals surface area contributed by atoms with Gasteiger partial charge < -0.3 is 24.9 Å². The fourth-order valence-electron chi connectivity index (χ4n) is 5.18. The SMILES string of the molecule is O=c1[nH]c2cc(N=Cc3c(O)n(CCc4ccccc4)c(=O)[nH]c3=O)c(N3CCN(c4ccccc4)CC3)cc2[nH]1. The maximum Gasteiger partial charge on any atom is 0.331 e. The van der Waals surface area contributed by atoms with Crippen molar-refractivity contribution in [3.63, 3.8) is 0 Å². The molecule has 6 rings (SSSR count). The van der Waals surface area contributed by atoms with Crippen molar-refractivity contribution in [3.05, 3.63) is 115 Å². The molecule has 3 heterocycles. The van der Waals surface area contributed by atoms with E-state index in [4.69, 9.17) is 0 Å². The standard InChI is InChI=1S/C30H29N7O4/c38-27-22(28(39)37(30(41)34-27)12-11-20-7-3-1-4-8-20)19-31-25-17-23-24(33-29(40)32-23)18-26(25)36-15-13-35(14-16-36)21-9-5-2-6-10-21/h1-10,17-19,39H,11-16H2,(H2,32,33,40)(H,34,38,41). The van der Waals surface area contributed by atoms with Crippen molar-refractivity contribution in [1.82, 2.24) is 19.5 Å². The number of aryl methyl sites for hydroxylation is 1. The number of para-hydroxylation sites is 1. The van der Waals surface area contributed by atoms with Gasteiger partial charge in [-0.2, -0.15) is 0 Å². The third-order valence-corrected chi connectivity index (χ3v) is 7.36. The van der Waals surface area contributed by atoms with Crippen molar-refractivity contribution in [3.8, 4) is 5.88 Å². The van der Waals surface area contributed by atoms with Crippen molar-refractivity contribution in [2.24, 2.45) is 4.99 Å². The molecule has 0 bridgehead atoms. The second kappa shape index (κ2) is 11.0. The number of nitrogens with zero attached hydrogens (tertiary/aromatic N) is 4.